The van der Waals surface area contributed by atoms with E-state index in [1.54, 1.807) is 13.1 Å². The number of nitrogens with one attached hydrogen (secondary N) is 2. The second kappa shape index (κ2) is 10.7. The molecule has 0 aliphatic carbocycles. The van der Waals surface area contributed by atoms with Crippen LogP contribution in [0.4, 0.5) is 0 Å². The van der Waals surface area contributed by atoms with Gasteiger partial charge in [0.25, 0.3) is 0 Å². The average Bonchev–Trinajstić information content (AvgIpc) is 3.03. The van der Waals surface area contributed by atoms with Crippen molar-refractivity contribution in [1.29, 1.82) is 0 Å². The number of fused-ring (bicyclic) bond motifs is 1. The molecule has 1 aromatic heterocycles. The largest absolute Gasteiger partial charge is 0.489 e. The maximum atomic E-state index is 5.70. The highest BCUT2D eigenvalue weighted by Gasteiger charge is 2.08. The number of aliphatic imine (C=N–C) groups is 1. The van der Waals surface area contributed by atoms with E-state index >= 15 is 0 Å². The molecule has 0 unspecified atom stereocenters. The highest BCUT2D eigenvalue weighted by molar-refractivity contribution is 14.0. The van der Waals surface area contributed by atoms with E-state index < -0.39 is 0 Å². The molecule has 6 nitrogen and oxygen atoms in total. The molecule has 0 spiro atoms. The lowest BCUT2D eigenvalue weighted by Crippen LogP contribution is -2.37. The summed E-state index contributed by atoms with van der Waals surface area (Å²) in [5.74, 6) is 2.50. The van der Waals surface area contributed by atoms with Crippen LogP contribution >= 0.6 is 24.0 Å². The molecular formula is C21H26IN5O. The fourth-order valence-electron chi connectivity index (χ4n) is 2.86. The fourth-order valence-corrected chi connectivity index (χ4v) is 2.86. The van der Waals surface area contributed by atoms with Crippen LogP contribution in [0.5, 0.6) is 5.75 Å². The van der Waals surface area contributed by atoms with Crippen LogP contribution in [0.15, 0.2) is 66.2 Å². The van der Waals surface area contributed by atoms with Crippen molar-refractivity contribution in [2.45, 2.75) is 13.1 Å². The number of halogens is 1. The number of ether oxygens (including phenoxy) is 1. The maximum Gasteiger partial charge on any atom is 0.191 e. The number of guanidine groups is 1. The van der Waals surface area contributed by atoms with E-state index in [1.807, 2.05) is 49.5 Å². The predicted molar refractivity (Wildman–Crippen MR) is 125 cm³/mol. The van der Waals surface area contributed by atoms with Gasteiger partial charge in [-0.15, -0.1) is 24.0 Å². The van der Waals surface area contributed by atoms with E-state index in [0.717, 1.165) is 28.2 Å². The monoisotopic (exact) mass is 491 g/mol. The lowest BCUT2D eigenvalue weighted by molar-refractivity contribution is 0.358. The number of nitrogens with zero attached hydrogens (tertiary/aromatic N) is 3. The van der Waals surface area contributed by atoms with Gasteiger partial charge < -0.3 is 19.9 Å². The molecule has 0 saturated heterocycles. The molecule has 0 amide bonds. The fraction of sp³-hybridized carbons (Fsp3) is 0.238. The van der Waals surface area contributed by atoms with Crippen molar-refractivity contribution in [3.63, 3.8) is 0 Å². The van der Waals surface area contributed by atoms with Gasteiger partial charge in [0, 0.05) is 26.2 Å². The Morgan fingerprint density at radius 3 is 2.61 bits per heavy atom. The summed E-state index contributed by atoms with van der Waals surface area (Å²) in [5.41, 5.74) is 3.17. The number of aryl methyl sites for hydroxylation is 1. The van der Waals surface area contributed by atoms with E-state index in [9.17, 15) is 0 Å². The molecule has 3 rings (SSSR count). The Morgan fingerprint density at radius 2 is 1.86 bits per heavy atom. The summed E-state index contributed by atoms with van der Waals surface area (Å²) < 4.78 is 7.79. The number of imidazole rings is 1. The molecule has 0 aliphatic rings. The lowest BCUT2D eigenvalue weighted by Gasteiger charge is -2.14. The number of rotatable bonds is 7. The number of para-hydroxylation sites is 3. The van der Waals surface area contributed by atoms with Crippen molar-refractivity contribution in [2.75, 3.05) is 13.7 Å². The zero-order chi connectivity index (χ0) is 19.1. The summed E-state index contributed by atoms with van der Waals surface area (Å²) in [7, 11) is 3.78. The minimum atomic E-state index is 0. The molecule has 148 valence electrons. The third-order valence-corrected chi connectivity index (χ3v) is 4.29. The maximum absolute atomic E-state index is 5.70. The number of hydrogen-bond acceptors (Lipinski definition) is 3. The van der Waals surface area contributed by atoms with Gasteiger partial charge in [-0.25, -0.2) is 4.98 Å². The van der Waals surface area contributed by atoms with Crippen LogP contribution in [0.25, 0.3) is 11.0 Å². The standard InChI is InChI=1S/C21H25N5O.HI/c1-4-13-27-19-12-8-5-9-16(19)14-23-21(22-2)24-15-20-25-17-10-6-7-11-18(17)26(20)3;/h4-12H,1,13-15H2,2-3H3,(H2,22,23,24);1H. The molecule has 0 radical (unpaired) electrons. The van der Waals surface area contributed by atoms with Crippen molar-refractivity contribution in [1.82, 2.24) is 20.2 Å². The van der Waals surface area contributed by atoms with Crippen molar-refractivity contribution in [3.05, 3.63) is 72.6 Å². The van der Waals surface area contributed by atoms with Gasteiger partial charge in [0.1, 0.15) is 18.2 Å². The van der Waals surface area contributed by atoms with Crippen LogP contribution in [0.2, 0.25) is 0 Å². The Balaban J connectivity index is 0.00000280. The summed E-state index contributed by atoms with van der Waals surface area (Å²) in [6, 6.07) is 16.0. The molecule has 1 heterocycles. The van der Waals surface area contributed by atoms with Gasteiger partial charge in [-0.3, -0.25) is 4.99 Å². The molecule has 0 aliphatic heterocycles. The van der Waals surface area contributed by atoms with Crippen molar-refractivity contribution >= 4 is 41.0 Å². The minimum absolute atomic E-state index is 0. The van der Waals surface area contributed by atoms with Gasteiger partial charge in [0.15, 0.2) is 5.96 Å². The van der Waals surface area contributed by atoms with Gasteiger partial charge in [-0.2, -0.15) is 0 Å². The van der Waals surface area contributed by atoms with Gasteiger partial charge >= 0.3 is 0 Å². The Kier molecular flexibility index (Phi) is 8.31. The summed E-state index contributed by atoms with van der Waals surface area (Å²) in [4.78, 5) is 8.97. The van der Waals surface area contributed by atoms with Crippen LogP contribution in [-0.2, 0) is 20.1 Å². The van der Waals surface area contributed by atoms with Crippen molar-refractivity contribution in [2.24, 2.45) is 12.0 Å². The molecule has 0 bridgehead atoms. The first kappa shape index (κ1) is 21.7. The number of hydrogen-bond donors (Lipinski definition) is 2. The van der Waals surface area contributed by atoms with Gasteiger partial charge in [-0.1, -0.05) is 43.0 Å². The Bertz CT molecular complexity index is 951. The summed E-state index contributed by atoms with van der Waals surface area (Å²) in [6.45, 7) is 5.36. The number of aromatic nitrogens is 2. The quantitative estimate of drug-likeness (QED) is 0.230. The van der Waals surface area contributed by atoms with E-state index in [-0.39, 0.29) is 24.0 Å². The topological polar surface area (TPSA) is 63.5 Å². The first-order valence-corrected chi connectivity index (χ1v) is 8.89. The normalized spacial score (nSPS) is 11.0. The molecular weight excluding hydrogens is 465 g/mol. The Labute approximate surface area is 182 Å². The van der Waals surface area contributed by atoms with E-state index in [2.05, 4.69) is 37.8 Å². The van der Waals surface area contributed by atoms with Crippen LogP contribution in [0, 0.1) is 0 Å². The first-order valence-electron chi connectivity index (χ1n) is 8.89. The molecule has 3 aromatic rings. The zero-order valence-corrected chi connectivity index (χ0v) is 18.5. The second-order valence-electron chi connectivity index (χ2n) is 6.06. The van der Waals surface area contributed by atoms with Crippen LogP contribution in [0.1, 0.15) is 11.4 Å². The average molecular weight is 491 g/mol. The van der Waals surface area contributed by atoms with Gasteiger partial charge in [0.2, 0.25) is 0 Å². The van der Waals surface area contributed by atoms with Gasteiger partial charge in [0.05, 0.1) is 17.6 Å². The zero-order valence-electron chi connectivity index (χ0n) is 16.2. The molecule has 2 aromatic carbocycles. The molecule has 2 N–H and O–H groups in total. The third-order valence-electron chi connectivity index (χ3n) is 4.29. The van der Waals surface area contributed by atoms with Gasteiger partial charge in [-0.05, 0) is 18.2 Å². The highest BCUT2D eigenvalue weighted by Crippen LogP contribution is 2.17. The van der Waals surface area contributed by atoms with Crippen LogP contribution in [0.3, 0.4) is 0 Å². The summed E-state index contributed by atoms with van der Waals surface area (Å²) in [6.07, 6.45) is 1.74. The molecule has 7 heteroatoms. The summed E-state index contributed by atoms with van der Waals surface area (Å²) >= 11 is 0. The van der Waals surface area contributed by atoms with Crippen LogP contribution in [-0.4, -0.2) is 29.2 Å². The SMILES string of the molecule is C=CCOc1ccccc1CNC(=NC)NCc1nc2ccccc2n1C.I. The van der Waals surface area contributed by atoms with Crippen LogP contribution < -0.4 is 15.4 Å². The molecule has 0 atom stereocenters. The smallest absolute Gasteiger partial charge is 0.191 e. The Hall–Kier alpha value is -2.55. The molecule has 0 saturated carbocycles. The lowest BCUT2D eigenvalue weighted by atomic mass is 10.2. The van der Waals surface area contributed by atoms with Crippen molar-refractivity contribution < 1.29 is 4.74 Å². The highest BCUT2D eigenvalue weighted by atomic mass is 127. The number of benzene rings is 2. The molecule has 28 heavy (non-hydrogen) atoms. The van der Waals surface area contributed by atoms with E-state index in [0.29, 0.717) is 25.7 Å². The first-order chi connectivity index (χ1) is 13.2. The summed E-state index contributed by atoms with van der Waals surface area (Å²) in [5, 5.41) is 6.64. The minimum Gasteiger partial charge on any atom is -0.489 e. The van der Waals surface area contributed by atoms with Crippen molar-refractivity contribution in [3.8, 4) is 5.75 Å². The third kappa shape index (κ3) is 5.25. The second-order valence-corrected chi connectivity index (χ2v) is 6.06. The predicted octanol–water partition coefficient (Wildman–Crippen LogP) is 3.62. The van der Waals surface area contributed by atoms with E-state index in [1.165, 1.54) is 0 Å². The Morgan fingerprint density at radius 1 is 1.14 bits per heavy atom. The molecule has 0 fully saturated rings. The van der Waals surface area contributed by atoms with E-state index in [4.69, 9.17) is 4.74 Å².